The van der Waals surface area contributed by atoms with E-state index < -0.39 is 6.10 Å². The number of ether oxygens (including phenoxy) is 3. The monoisotopic (exact) mass is 1160 g/mol. The van der Waals surface area contributed by atoms with E-state index in [1.165, 1.54) is 263 Å². The van der Waals surface area contributed by atoms with Gasteiger partial charge in [0.2, 0.25) is 0 Å². The van der Waals surface area contributed by atoms with Gasteiger partial charge in [-0.15, -0.1) is 0 Å². The summed E-state index contributed by atoms with van der Waals surface area (Å²) in [5, 5.41) is 0. The van der Waals surface area contributed by atoms with Gasteiger partial charge in [0, 0.05) is 19.3 Å². The van der Waals surface area contributed by atoms with Gasteiger partial charge in [-0.25, -0.2) is 0 Å². The predicted molar refractivity (Wildman–Crippen MR) is 362 cm³/mol. The first-order chi connectivity index (χ1) is 41.0. The molecular weight excluding hydrogens is 1020 g/mol. The van der Waals surface area contributed by atoms with Crippen LogP contribution in [0.5, 0.6) is 0 Å². The molecule has 0 aromatic heterocycles. The zero-order valence-electron chi connectivity index (χ0n) is 56.0. The quantitative estimate of drug-likeness (QED) is 0.0261. The lowest BCUT2D eigenvalue weighted by Gasteiger charge is -2.18. The molecule has 0 radical (unpaired) electrons. The lowest BCUT2D eigenvalue weighted by molar-refractivity contribution is -0.167. The molecule has 0 rings (SSSR count). The van der Waals surface area contributed by atoms with Gasteiger partial charge in [-0.1, -0.05) is 352 Å². The maximum absolute atomic E-state index is 12.9. The molecule has 0 aliphatic carbocycles. The minimum atomic E-state index is -0.787. The van der Waals surface area contributed by atoms with Crippen molar-refractivity contribution in [2.75, 3.05) is 13.2 Å². The van der Waals surface area contributed by atoms with Crippen LogP contribution in [0.25, 0.3) is 0 Å². The first-order valence-electron chi connectivity index (χ1n) is 37.1. The zero-order valence-corrected chi connectivity index (χ0v) is 56.0. The van der Waals surface area contributed by atoms with Gasteiger partial charge in [-0.05, 0) is 83.5 Å². The first kappa shape index (κ1) is 80.4. The lowest BCUT2D eigenvalue weighted by Crippen LogP contribution is -2.30. The molecule has 0 aliphatic heterocycles. The van der Waals surface area contributed by atoms with E-state index in [0.29, 0.717) is 19.3 Å². The molecule has 0 amide bonds. The summed E-state index contributed by atoms with van der Waals surface area (Å²) in [6.45, 7) is 6.65. The fourth-order valence-corrected chi connectivity index (χ4v) is 11.2. The Kier molecular flexibility index (Phi) is 69.6. The summed E-state index contributed by atoms with van der Waals surface area (Å²) in [6.07, 6.45) is 91.7. The molecule has 0 aromatic carbocycles. The van der Waals surface area contributed by atoms with Crippen molar-refractivity contribution in [3.05, 3.63) is 48.6 Å². The van der Waals surface area contributed by atoms with Crippen LogP contribution in [0.2, 0.25) is 0 Å². The number of hydrogen-bond donors (Lipinski definition) is 0. The maximum Gasteiger partial charge on any atom is 0.306 e. The zero-order chi connectivity index (χ0) is 59.9. The molecule has 1 unspecified atom stereocenters. The Labute approximate surface area is 518 Å². The van der Waals surface area contributed by atoms with E-state index in [0.717, 1.165) is 103 Å². The van der Waals surface area contributed by atoms with Gasteiger partial charge >= 0.3 is 17.9 Å². The van der Waals surface area contributed by atoms with Crippen LogP contribution < -0.4 is 0 Å². The van der Waals surface area contributed by atoms with Crippen LogP contribution in [0.3, 0.4) is 0 Å². The van der Waals surface area contributed by atoms with Crippen molar-refractivity contribution in [3.63, 3.8) is 0 Å². The van der Waals surface area contributed by atoms with Gasteiger partial charge in [0.15, 0.2) is 6.10 Å². The summed E-state index contributed by atoms with van der Waals surface area (Å²) in [4.78, 5) is 38.4. The minimum Gasteiger partial charge on any atom is -0.462 e. The molecule has 83 heavy (non-hydrogen) atoms. The van der Waals surface area contributed by atoms with E-state index in [1.807, 2.05) is 0 Å². The van der Waals surface area contributed by atoms with Crippen LogP contribution in [0, 0.1) is 0 Å². The fourth-order valence-electron chi connectivity index (χ4n) is 11.2. The van der Waals surface area contributed by atoms with Crippen molar-refractivity contribution in [1.29, 1.82) is 0 Å². The normalized spacial score (nSPS) is 12.3. The largest absolute Gasteiger partial charge is 0.462 e. The van der Waals surface area contributed by atoms with Crippen LogP contribution in [-0.4, -0.2) is 37.2 Å². The van der Waals surface area contributed by atoms with Crippen molar-refractivity contribution in [1.82, 2.24) is 0 Å². The molecule has 486 valence electrons. The minimum absolute atomic E-state index is 0.0798. The Morgan fingerprint density at radius 1 is 0.241 bits per heavy atom. The smallest absolute Gasteiger partial charge is 0.306 e. The second kappa shape index (κ2) is 71.8. The van der Waals surface area contributed by atoms with Crippen molar-refractivity contribution >= 4 is 17.9 Å². The van der Waals surface area contributed by atoms with E-state index in [1.54, 1.807) is 0 Å². The van der Waals surface area contributed by atoms with Crippen molar-refractivity contribution in [3.8, 4) is 0 Å². The van der Waals surface area contributed by atoms with E-state index in [2.05, 4.69) is 69.4 Å². The van der Waals surface area contributed by atoms with E-state index in [4.69, 9.17) is 14.2 Å². The molecule has 0 spiro atoms. The third kappa shape index (κ3) is 70.0. The molecular formula is C77H142O6. The first-order valence-corrected chi connectivity index (χ1v) is 37.1. The molecule has 1 atom stereocenters. The summed E-state index contributed by atoms with van der Waals surface area (Å²) in [5.74, 6) is -0.883. The van der Waals surface area contributed by atoms with Gasteiger partial charge in [0.25, 0.3) is 0 Å². The van der Waals surface area contributed by atoms with E-state index in [-0.39, 0.29) is 31.1 Å². The van der Waals surface area contributed by atoms with Crippen molar-refractivity contribution < 1.29 is 28.6 Å². The number of esters is 3. The van der Waals surface area contributed by atoms with Crippen LogP contribution in [0.1, 0.15) is 406 Å². The fraction of sp³-hybridized carbons (Fsp3) is 0.857. The van der Waals surface area contributed by atoms with Gasteiger partial charge in [-0.2, -0.15) is 0 Å². The standard InChI is InChI=1S/C77H142O6/c1-4-7-10-13-16-19-22-25-28-31-32-33-34-35-36-37-38-39-40-41-42-43-44-45-46-47-50-52-55-58-61-64-67-70-76(79)82-73-74(83-77(80)71-68-65-62-59-56-53-49-30-27-24-21-18-15-12-9-6-3)72-81-75(78)69-66-63-60-57-54-51-48-29-26-23-20-17-14-11-8-5-2/h20-21,23-24,29-30,48-49,74H,4-19,22,25-28,31-47,50-73H2,1-3H3/b23-20-,24-21-,48-29-,49-30-. The number of allylic oxidation sites excluding steroid dienone is 8. The van der Waals surface area contributed by atoms with Gasteiger partial charge in [-0.3, -0.25) is 14.4 Å². The van der Waals surface area contributed by atoms with Crippen LogP contribution >= 0.6 is 0 Å². The van der Waals surface area contributed by atoms with E-state index >= 15 is 0 Å². The van der Waals surface area contributed by atoms with E-state index in [9.17, 15) is 14.4 Å². The molecule has 0 heterocycles. The Hall–Kier alpha value is -2.63. The summed E-state index contributed by atoms with van der Waals surface area (Å²) in [6, 6.07) is 0. The molecule has 0 aliphatic rings. The van der Waals surface area contributed by atoms with Crippen LogP contribution in [0.4, 0.5) is 0 Å². The number of rotatable bonds is 69. The number of hydrogen-bond acceptors (Lipinski definition) is 6. The summed E-state index contributed by atoms with van der Waals surface area (Å²) in [7, 11) is 0. The average molecular weight is 1160 g/mol. The number of unbranched alkanes of at least 4 members (excludes halogenated alkanes) is 50. The average Bonchev–Trinajstić information content (AvgIpc) is 3.49. The SMILES string of the molecule is CCCCCC/C=C\C/C=C\CCCCCCCC(=O)OCC(COC(=O)CCCCCCCCCCCCCCCCCCCCCCCCCCCCCCCCCCC)OC(=O)CCCCCCC/C=C\C/C=C\CCCCCC. The molecule has 0 bridgehead atoms. The molecule has 0 saturated heterocycles. The molecule has 0 saturated carbocycles. The second-order valence-electron chi connectivity index (χ2n) is 25.2. The van der Waals surface area contributed by atoms with Gasteiger partial charge < -0.3 is 14.2 Å². The van der Waals surface area contributed by atoms with Crippen molar-refractivity contribution in [2.45, 2.75) is 412 Å². The summed E-state index contributed by atoms with van der Waals surface area (Å²) in [5.41, 5.74) is 0. The Morgan fingerprint density at radius 3 is 0.675 bits per heavy atom. The summed E-state index contributed by atoms with van der Waals surface area (Å²) >= 11 is 0. The highest BCUT2D eigenvalue weighted by Gasteiger charge is 2.19. The van der Waals surface area contributed by atoms with Crippen LogP contribution in [0.15, 0.2) is 48.6 Å². The van der Waals surface area contributed by atoms with Crippen molar-refractivity contribution in [2.24, 2.45) is 0 Å². The highest BCUT2D eigenvalue weighted by Crippen LogP contribution is 2.19. The lowest BCUT2D eigenvalue weighted by atomic mass is 10.0. The molecule has 0 aromatic rings. The Morgan fingerprint density at radius 2 is 0.434 bits per heavy atom. The Bertz CT molecular complexity index is 1430. The molecule has 6 heteroatoms. The second-order valence-corrected chi connectivity index (χ2v) is 25.2. The Balaban J connectivity index is 4.15. The number of carbonyl (C=O) groups excluding carboxylic acids is 3. The predicted octanol–water partition coefficient (Wildman–Crippen LogP) is 25.7. The molecule has 0 fully saturated rings. The maximum atomic E-state index is 12.9. The van der Waals surface area contributed by atoms with Crippen LogP contribution in [-0.2, 0) is 28.6 Å². The summed E-state index contributed by atoms with van der Waals surface area (Å²) < 4.78 is 17.0. The third-order valence-corrected chi connectivity index (χ3v) is 16.8. The number of carbonyl (C=O) groups is 3. The highest BCUT2D eigenvalue weighted by atomic mass is 16.6. The topological polar surface area (TPSA) is 78.9 Å². The third-order valence-electron chi connectivity index (χ3n) is 16.8. The van der Waals surface area contributed by atoms with Gasteiger partial charge in [0.1, 0.15) is 13.2 Å². The highest BCUT2D eigenvalue weighted by molar-refractivity contribution is 5.71. The van der Waals surface area contributed by atoms with Gasteiger partial charge in [0.05, 0.1) is 0 Å². The molecule has 6 nitrogen and oxygen atoms in total. The molecule has 0 N–H and O–H groups in total.